The predicted molar refractivity (Wildman–Crippen MR) is 77.3 cm³/mol. The van der Waals surface area contributed by atoms with Crippen molar-refractivity contribution in [3.8, 4) is 0 Å². The lowest BCUT2D eigenvalue weighted by molar-refractivity contribution is 0.577. The lowest BCUT2D eigenvalue weighted by atomic mass is 10.1. The predicted octanol–water partition coefficient (Wildman–Crippen LogP) is 3.79. The summed E-state index contributed by atoms with van der Waals surface area (Å²) >= 11 is 0. The van der Waals surface area contributed by atoms with E-state index in [2.05, 4.69) is 21.4 Å². The second-order valence-corrected chi connectivity index (χ2v) is 5.23. The normalized spacial score (nSPS) is 16.2. The van der Waals surface area contributed by atoms with E-state index in [4.69, 9.17) is 4.42 Å². The Kier molecular flexibility index (Phi) is 2.66. The summed E-state index contributed by atoms with van der Waals surface area (Å²) in [6, 6.07) is 12.7. The van der Waals surface area contributed by atoms with Crippen LogP contribution >= 0.6 is 0 Å². The lowest BCUT2D eigenvalue weighted by Crippen LogP contribution is -2.13. The van der Waals surface area contributed by atoms with Gasteiger partial charge in [0, 0.05) is 12.4 Å². The van der Waals surface area contributed by atoms with E-state index in [0.717, 1.165) is 11.1 Å². The first-order valence-electron chi connectivity index (χ1n) is 6.92. The molecule has 3 aromatic rings. The third kappa shape index (κ3) is 2.13. The Hall–Kier alpha value is -2.36. The second kappa shape index (κ2) is 4.63. The molecule has 4 heteroatoms. The number of nitrogens with zero attached hydrogens (tertiary/aromatic N) is 2. The van der Waals surface area contributed by atoms with E-state index in [1.165, 1.54) is 18.4 Å². The summed E-state index contributed by atoms with van der Waals surface area (Å²) in [6.45, 7) is 0. The molecule has 0 radical (unpaired) electrons. The molecule has 0 bridgehead atoms. The van der Waals surface area contributed by atoms with Crippen molar-refractivity contribution < 1.29 is 4.42 Å². The first kappa shape index (κ1) is 11.5. The third-order valence-corrected chi connectivity index (χ3v) is 3.71. The zero-order valence-electron chi connectivity index (χ0n) is 11.0. The van der Waals surface area contributed by atoms with Gasteiger partial charge in [-0.3, -0.25) is 4.98 Å². The van der Waals surface area contributed by atoms with Crippen molar-refractivity contribution in [2.75, 3.05) is 5.32 Å². The van der Waals surface area contributed by atoms with E-state index in [1.54, 1.807) is 6.20 Å². The quantitative estimate of drug-likeness (QED) is 0.779. The molecule has 1 atom stereocenters. The average molecular weight is 265 g/mol. The summed E-state index contributed by atoms with van der Waals surface area (Å²) in [4.78, 5) is 8.70. The van der Waals surface area contributed by atoms with Crippen molar-refractivity contribution in [3.05, 3.63) is 54.4 Å². The van der Waals surface area contributed by atoms with Crippen molar-refractivity contribution >= 4 is 17.1 Å². The van der Waals surface area contributed by atoms with Crippen LogP contribution in [0.15, 0.2) is 53.2 Å². The number of benzene rings is 1. The summed E-state index contributed by atoms with van der Waals surface area (Å²) in [7, 11) is 0. The Balaban J connectivity index is 1.65. The van der Waals surface area contributed by atoms with Crippen LogP contribution in [0.2, 0.25) is 0 Å². The molecule has 2 heterocycles. The zero-order valence-corrected chi connectivity index (χ0v) is 11.0. The molecule has 20 heavy (non-hydrogen) atoms. The van der Waals surface area contributed by atoms with E-state index >= 15 is 0 Å². The van der Waals surface area contributed by atoms with E-state index < -0.39 is 0 Å². The Morgan fingerprint density at radius 2 is 2.05 bits per heavy atom. The number of nitrogens with one attached hydrogen (secondary N) is 1. The molecular weight excluding hydrogens is 250 g/mol. The number of aromatic nitrogens is 2. The molecule has 1 aromatic carbocycles. The number of fused-ring (bicyclic) bond motifs is 1. The third-order valence-electron chi connectivity index (χ3n) is 3.71. The first-order valence-corrected chi connectivity index (χ1v) is 6.92. The molecule has 1 aliphatic rings. The minimum atomic E-state index is 0.233. The van der Waals surface area contributed by atoms with Crippen molar-refractivity contribution in [2.45, 2.75) is 18.9 Å². The maximum Gasteiger partial charge on any atom is 0.296 e. The van der Waals surface area contributed by atoms with Gasteiger partial charge >= 0.3 is 0 Å². The maximum absolute atomic E-state index is 5.76. The van der Waals surface area contributed by atoms with E-state index in [0.29, 0.717) is 11.9 Å². The molecule has 4 rings (SSSR count). The summed E-state index contributed by atoms with van der Waals surface area (Å²) in [5, 5.41) is 3.43. The van der Waals surface area contributed by atoms with Crippen LogP contribution in [0.5, 0.6) is 0 Å². The molecule has 2 aromatic heterocycles. The fraction of sp³-hybridized carbons (Fsp3) is 0.250. The fourth-order valence-electron chi connectivity index (χ4n) is 2.53. The molecular formula is C16H15N3O. The topological polar surface area (TPSA) is 51.0 Å². The van der Waals surface area contributed by atoms with E-state index in [-0.39, 0.29) is 6.04 Å². The number of rotatable bonds is 4. The highest BCUT2D eigenvalue weighted by atomic mass is 16.4. The van der Waals surface area contributed by atoms with Gasteiger partial charge < -0.3 is 9.73 Å². The molecule has 0 unspecified atom stereocenters. The van der Waals surface area contributed by atoms with Crippen molar-refractivity contribution in [2.24, 2.45) is 5.92 Å². The summed E-state index contributed by atoms with van der Waals surface area (Å²) < 4.78 is 5.76. The molecule has 0 amide bonds. The second-order valence-electron chi connectivity index (χ2n) is 5.23. The zero-order chi connectivity index (χ0) is 13.4. The van der Waals surface area contributed by atoms with Gasteiger partial charge in [-0.25, -0.2) is 0 Å². The van der Waals surface area contributed by atoms with Crippen LogP contribution in [0, 0.1) is 5.92 Å². The number of hydrogen-bond donors (Lipinski definition) is 1. The van der Waals surface area contributed by atoms with Gasteiger partial charge in [-0.15, -0.1) is 0 Å². The molecule has 0 saturated heterocycles. The number of hydrogen-bond acceptors (Lipinski definition) is 4. The number of para-hydroxylation sites is 2. The van der Waals surface area contributed by atoms with E-state index in [9.17, 15) is 0 Å². The van der Waals surface area contributed by atoms with Gasteiger partial charge in [-0.2, -0.15) is 4.98 Å². The molecule has 4 nitrogen and oxygen atoms in total. The molecule has 1 N–H and O–H groups in total. The van der Waals surface area contributed by atoms with Crippen LogP contribution in [0.25, 0.3) is 11.1 Å². The Morgan fingerprint density at radius 1 is 1.15 bits per heavy atom. The monoisotopic (exact) mass is 265 g/mol. The average Bonchev–Trinajstić information content (AvgIpc) is 3.25. The highest BCUT2D eigenvalue weighted by molar-refractivity contribution is 5.74. The van der Waals surface area contributed by atoms with Crippen molar-refractivity contribution in [3.63, 3.8) is 0 Å². The number of anilines is 1. The Bertz CT molecular complexity index is 686. The summed E-state index contributed by atoms with van der Waals surface area (Å²) in [6.07, 6.45) is 6.20. The molecule has 0 aliphatic heterocycles. The van der Waals surface area contributed by atoms with Crippen LogP contribution in [0.3, 0.4) is 0 Å². The van der Waals surface area contributed by atoms with Crippen LogP contribution in [-0.4, -0.2) is 9.97 Å². The minimum Gasteiger partial charge on any atom is -0.424 e. The van der Waals surface area contributed by atoms with E-state index in [1.807, 2.05) is 36.5 Å². The standard InChI is InChI=1S/C16H15N3O/c1-2-6-14-13(5-1)18-16(20-14)19-15(11-7-8-11)12-4-3-9-17-10-12/h1-6,9-11,15H,7-8H2,(H,18,19)/t15-/m1/s1. The van der Waals surface area contributed by atoms with Crippen LogP contribution in [0.4, 0.5) is 6.01 Å². The fourth-order valence-corrected chi connectivity index (χ4v) is 2.53. The van der Waals surface area contributed by atoms with Crippen LogP contribution < -0.4 is 5.32 Å². The SMILES string of the molecule is c1cncc([C@H](Nc2nc3ccccc3o2)C2CC2)c1. The highest BCUT2D eigenvalue weighted by Gasteiger charge is 2.33. The van der Waals surface area contributed by atoms with Crippen molar-refractivity contribution in [1.82, 2.24) is 9.97 Å². The van der Waals surface area contributed by atoms with Gasteiger partial charge in [0.15, 0.2) is 5.58 Å². The Labute approximate surface area is 116 Å². The van der Waals surface area contributed by atoms with Gasteiger partial charge in [-0.1, -0.05) is 18.2 Å². The van der Waals surface area contributed by atoms with Crippen LogP contribution in [-0.2, 0) is 0 Å². The number of oxazole rings is 1. The maximum atomic E-state index is 5.76. The largest absolute Gasteiger partial charge is 0.424 e. The smallest absolute Gasteiger partial charge is 0.296 e. The minimum absolute atomic E-state index is 0.233. The molecule has 1 fully saturated rings. The lowest BCUT2D eigenvalue weighted by Gasteiger charge is -2.16. The van der Waals surface area contributed by atoms with Gasteiger partial charge in [0.25, 0.3) is 6.01 Å². The van der Waals surface area contributed by atoms with Gasteiger partial charge in [-0.05, 0) is 42.5 Å². The summed E-state index contributed by atoms with van der Waals surface area (Å²) in [5.74, 6) is 0.647. The molecule has 0 spiro atoms. The molecule has 100 valence electrons. The first-order chi connectivity index (χ1) is 9.90. The highest BCUT2D eigenvalue weighted by Crippen LogP contribution is 2.42. The summed E-state index contributed by atoms with van der Waals surface area (Å²) in [5.41, 5.74) is 2.89. The van der Waals surface area contributed by atoms with Gasteiger partial charge in [0.2, 0.25) is 0 Å². The molecule has 1 saturated carbocycles. The Morgan fingerprint density at radius 3 is 2.80 bits per heavy atom. The van der Waals surface area contributed by atoms with Crippen molar-refractivity contribution in [1.29, 1.82) is 0 Å². The van der Waals surface area contributed by atoms with Crippen LogP contribution in [0.1, 0.15) is 24.4 Å². The molecule has 1 aliphatic carbocycles. The van der Waals surface area contributed by atoms with Gasteiger partial charge in [0.05, 0.1) is 6.04 Å². The van der Waals surface area contributed by atoms with Gasteiger partial charge in [0.1, 0.15) is 5.52 Å². The number of pyridine rings is 1.